The Kier molecular flexibility index (Phi) is 5.10. The molecule has 1 aromatic carbocycles. The molecule has 4 atom stereocenters. The average molecular weight is 303 g/mol. The molecule has 2 N–H and O–H groups in total. The molecule has 0 aliphatic carbocycles. The highest BCUT2D eigenvalue weighted by Gasteiger charge is 2.48. The number of nitrogens with zero attached hydrogens (tertiary/aromatic N) is 1. The largest absolute Gasteiger partial charge is 0.392 e. The molecule has 3 heteroatoms. The molecule has 0 saturated carbocycles. The van der Waals surface area contributed by atoms with Gasteiger partial charge < -0.3 is 10.2 Å². The molecule has 0 amide bonds. The van der Waals surface area contributed by atoms with Gasteiger partial charge in [-0.2, -0.15) is 0 Å². The van der Waals surface area contributed by atoms with E-state index in [1.165, 1.54) is 11.1 Å². The molecule has 1 saturated heterocycles. The molecule has 1 heterocycles. The fourth-order valence-electron chi connectivity index (χ4n) is 3.65. The highest BCUT2D eigenvalue weighted by Crippen LogP contribution is 2.45. The molecule has 0 aromatic heterocycles. The van der Waals surface area contributed by atoms with E-state index < -0.39 is 5.60 Å². The predicted octanol–water partition coefficient (Wildman–Crippen LogP) is 2.98. The zero-order valence-electron chi connectivity index (χ0n) is 14.4. The van der Waals surface area contributed by atoms with Crippen molar-refractivity contribution in [3.05, 3.63) is 47.0 Å². The number of likely N-dealkylation sites (N-methyl/N-ethyl adjacent to an activating group) is 1. The van der Waals surface area contributed by atoms with Crippen LogP contribution in [0.3, 0.4) is 0 Å². The van der Waals surface area contributed by atoms with Gasteiger partial charge in [-0.15, -0.1) is 0 Å². The molecule has 2 rings (SSSR count). The minimum atomic E-state index is -0.967. The van der Waals surface area contributed by atoms with Gasteiger partial charge in [0.05, 0.1) is 12.6 Å². The van der Waals surface area contributed by atoms with Gasteiger partial charge in [0.25, 0.3) is 0 Å². The maximum absolute atomic E-state index is 11.4. The number of benzene rings is 1. The van der Waals surface area contributed by atoms with E-state index in [9.17, 15) is 5.11 Å². The normalized spacial score (nSPS) is 33.5. The molecular formula is C19H29NO2. The van der Waals surface area contributed by atoms with E-state index in [4.69, 9.17) is 5.11 Å². The first-order valence-electron chi connectivity index (χ1n) is 8.11. The van der Waals surface area contributed by atoms with E-state index in [-0.39, 0.29) is 18.6 Å². The zero-order chi connectivity index (χ0) is 16.5. The first kappa shape index (κ1) is 17.2. The van der Waals surface area contributed by atoms with E-state index in [0.717, 1.165) is 12.0 Å². The molecule has 0 spiro atoms. The second kappa shape index (κ2) is 6.53. The van der Waals surface area contributed by atoms with Gasteiger partial charge in [0.1, 0.15) is 5.60 Å². The van der Waals surface area contributed by atoms with Gasteiger partial charge in [-0.3, -0.25) is 4.90 Å². The lowest BCUT2D eigenvalue weighted by molar-refractivity contribution is -0.0950. The number of piperidine rings is 1. The summed E-state index contributed by atoms with van der Waals surface area (Å²) in [6.45, 7) is 8.47. The minimum absolute atomic E-state index is 0.0477. The van der Waals surface area contributed by atoms with E-state index in [1.807, 2.05) is 0 Å². The van der Waals surface area contributed by atoms with Crippen LogP contribution in [-0.4, -0.2) is 40.4 Å². The van der Waals surface area contributed by atoms with Crippen molar-refractivity contribution in [1.82, 2.24) is 4.90 Å². The number of aliphatic hydroxyl groups is 2. The third-order valence-electron chi connectivity index (χ3n) is 5.36. The Hall–Kier alpha value is -1.16. The molecule has 4 unspecified atom stereocenters. The van der Waals surface area contributed by atoms with Crippen LogP contribution in [0.15, 0.2) is 30.4 Å². The van der Waals surface area contributed by atoms with Crippen molar-refractivity contribution < 1.29 is 10.2 Å². The smallest absolute Gasteiger partial charge is 0.105 e. The van der Waals surface area contributed by atoms with Crippen molar-refractivity contribution >= 4 is 0 Å². The maximum atomic E-state index is 11.4. The van der Waals surface area contributed by atoms with Gasteiger partial charge in [-0.05, 0) is 56.8 Å². The topological polar surface area (TPSA) is 43.7 Å². The number of likely N-dealkylation sites (tertiary alicyclic amines) is 1. The Balaban J connectivity index is 2.53. The van der Waals surface area contributed by atoms with E-state index in [2.05, 4.69) is 57.8 Å². The van der Waals surface area contributed by atoms with Crippen molar-refractivity contribution in [3.8, 4) is 0 Å². The van der Waals surface area contributed by atoms with Gasteiger partial charge in [0, 0.05) is 6.04 Å². The van der Waals surface area contributed by atoms with Crippen LogP contribution in [0.5, 0.6) is 0 Å². The number of hydrogen-bond donors (Lipinski definition) is 2. The Labute approximate surface area is 134 Å². The van der Waals surface area contributed by atoms with Gasteiger partial charge in [0.15, 0.2) is 0 Å². The summed E-state index contributed by atoms with van der Waals surface area (Å²) in [5.74, 6) is 0.133. The predicted molar refractivity (Wildman–Crippen MR) is 90.8 cm³/mol. The summed E-state index contributed by atoms with van der Waals surface area (Å²) in [7, 11) is 2.08. The van der Waals surface area contributed by atoms with Crippen molar-refractivity contribution in [2.75, 3.05) is 13.7 Å². The summed E-state index contributed by atoms with van der Waals surface area (Å²) in [6, 6.07) is 6.72. The Morgan fingerprint density at radius 3 is 2.55 bits per heavy atom. The zero-order valence-corrected chi connectivity index (χ0v) is 14.4. The van der Waals surface area contributed by atoms with Gasteiger partial charge in [-0.1, -0.05) is 37.3 Å². The van der Waals surface area contributed by atoms with Crippen LogP contribution in [0.1, 0.15) is 43.0 Å². The average Bonchev–Trinajstić information content (AvgIpc) is 2.47. The van der Waals surface area contributed by atoms with Crippen molar-refractivity contribution in [2.45, 2.75) is 51.8 Å². The lowest BCUT2D eigenvalue weighted by Gasteiger charge is -2.51. The van der Waals surface area contributed by atoms with Crippen LogP contribution in [0.4, 0.5) is 0 Å². The lowest BCUT2D eigenvalue weighted by Crippen LogP contribution is -2.56. The molecule has 0 bridgehead atoms. The molecule has 1 aliphatic heterocycles. The van der Waals surface area contributed by atoms with E-state index >= 15 is 0 Å². The van der Waals surface area contributed by atoms with Crippen molar-refractivity contribution in [2.24, 2.45) is 5.92 Å². The number of aryl methyl sites for hydroxylation is 2. The molecule has 122 valence electrons. The van der Waals surface area contributed by atoms with Crippen LogP contribution < -0.4 is 0 Å². The fraction of sp³-hybridized carbons (Fsp3) is 0.579. The van der Waals surface area contributed by atoms with E-state index in [1.54, 1.807) is 12.2 Å². The Morgan fingerprint density at radius 1 is 1.27 bits per heavy atom. The first-order valence-corrected chi connectivity index (χ1v) is 8.11. The number of hydrogen-bond acceptors (Lipinski definition) is 3. The quantitative estimate of drug-likeness (QED) is 0.844. The van der Waals surface area contributed by atoms with Crippen LogP contribution in [0.25, 0.3) is 0 Å². The third-order valence-corrected chi connectivity index (χ3v) is 5.36. The van der Waals surface area contributed by atoms with Crippen LogP contribution >= 0.6 is 0 Å². The SMILES string of the molecule is Cc1ccc(C2N(C)C(C)CC(C)C2(O)/C=C\CO)cc1C. The molecule has 1 fully saturated rings. The van der Waals surface area contributed by atoms with Crippen molar-refractivity contribution in [1.29, 1.82) is 0 Å². The number of aliphatic hydroxyl groups excluding tert-OH is 1. The standard InChI is InChI=1S/C19H29NO2/c1-13-7-8-17(11-14(13)2)18-19(22,9-6-10-21)15(3)12-16(4)20(18)5/h6-9,11,15-16,18,21-22H,10,12H2,1-5H3/b9-6-. The molecule has 1 aromatic rings. The molecular weight excluding hydrogens is 274 g/mol. The monoisotopic (exact) mass is 303 g/mol. The Bertz CT molecular complexity index is 554. The second-order valence-corrected chi connectivity index (χ2v) is 6.87. The van der Waals surface area contributed by atoms with Crippen LogP contribution in [0.2, 0.25) is 0 Å². The van der Waals surface area contributed by atoms with Crippen LogP contribution in [0, 0.1) is 19.8 Å². The van der Waals surface area contributed by atoms with Gasteiger partial charge >= 0.3 is 0 Å². The highest BCUT2D eigenvalue weighted by atomic mass is 16.3. The molecule has 1 aliphatic rings. The van der Waals surface area contributed by atoms with E-state index in [0.29, 0.717) is 6.04 Å². The first-order chi connectivity index (χ1) is 10.3. The molecule has 3 nitrogen and oxygen atoms in total. The second-order valence-electron chi connectivity index (χ2n) is 6.87. The van der Waals surface area contributed by atoms with Crippen molar-refractivity contribution in [3.63, 3.8) is 0 Å². The summed E-state index contributed by atoms with van der Waals surface area (Å²) < 4.78 is 0. The maximum Gasteiger partial charge on any atom is 0.105 e. The summed E-state index contributed by atoms with van der Waals surface area (Å²) >= 11 is 0. The summed E-state index contributed by atoms with van der Waals surface area (Å²) in [6.07, 6.45) is 4.39. The molecule has 0 radical (unpaired) electrons. The minimum Gasteiger partial charge on any atom is -0.392 e. The highest BCUT2D eigenvalue weighted by molar-refractivity contribution is 5.35. The summed E-state index contributed by atoms with van der Waals surface area (Å²) in [5.41, 5.74) is 2.67. The summed E-state index contributed by atoms with van der Waals surface area (Å²) in [5, 5.41) is 20.5. The van der Waals surface area contributed by atoms with Crippen LogP contribution in [-0.2, 0) is 0 Å². The lowest BCUT2D eigenvalue weighted by atomic mass is 9.71. The van der Waals surface area contributed by atoms with Gasteiger partial charge in [0.2, 0.25) is 0 Å². The molecule has 22 heavy (non-hydrogen) atoms. The number of rotatable bonds is 3. The Morgan fingerprint density at radius 2 is 1.95 bits per heavy atom. The fourth-order valence-corrected chi connectivity index (χ4v) is 3.65. The van der Waals surface area contributed by atoms with Gasteiger partial charge in [-0.25, -0.2) is 0 Å². The third kappa shape index (κ3) is 2.98. The summed E-state index contributed by atoms with van der Waals surface area (Å²) in [4.78, 5) is 2.26.